The van der Waals surface area contributed by atoms with Crippen LogP contribution >= 0.6 is 0 Å². The summed E-state index contributed by atoms with van der Waals surface area (Å²) in [5, 5.41) is 3.74. The molecule has 1 N–H and O–H groups in total. The summed E-state index contributed by atoms with van der Waals surface area (Å²) in [5.41, 5.74) is 0.885. The third-order valence-electron chi connectivity index (χ3n) is 1.56. The number of hydrazone groups is 1. The molecule has 1 aliphatic carbocycles. The van der Waals surface area contributed by atoms with Gasteiger partial charge in [0.15, 0.2) is 0 Å². The van der Waals surface area contributed by atoms with Gasteiger partial charge in [0.25, 0.3) is 0 Å². The lowest BCUT2D eigenvalue weighted by Crippen LogP contribution is -2.17. The van der Waals surface area contributed by atoms with Gasteiger partial charge in [-0.3, -0.25) is 0 Å². The fraction of sp³-hybridized carbons (Fsp3) is 0.833. The standard InChI is InChI=1S/C6H12N2O2S/c1-5(6-3-4-6)7-8-11(2,9)10/h6,8H,3-4H2,1-2H3. The van der Waals surface area contributed by atoms with Crippen molar-refractivity contribution >= 4 is 15.7 Å². The molecule has 0 aromatic heterocycles. The van der Waals surface area contributed by atoms with E-state index in [-0.39, 0.29) is 0 Å². The third kappa shape index (κ3) is 3.36. The number of rotatable bonds is 3. The van der Waals surface area contributed by atoms with Gasteiger partial charge in [-0.1, -0.05) is 0 Å². The maximum atomic E-state index is 10.6. The summed E-state index contributed by atoms with van der Waals surface area (Å²) in [6.45, 7) is 1.84. The molecule has 0 bridgehead atoms. The number of hydrogen-bond acceptors (Lipinski definition) is 3. The highest BCUT2D eigenvalue weighted by molar-refractivity contribution is 7.88. The van der Waals surface area contributed by atoms with Crippen LogP contribution in [0.2, 0.25) is 0 Å². The Labute approximate surface area is 66.7 Å². The lowest BCUT2D eigenvalue weighted by molar-refractivity contribution is 0.590. The first-order valence-electron chi connectivity index (χ1n) is 3.50. The minimum Gasteiger partial charge on any atom is -0.206 e. The van der Waals surface area contributed by atoms with Crippen molar-refractivity contribution in [3.63, 3.8) is 0 Å². The molecule has 0 aromatic carbocycles. The Morgan fingerprint density at radius 1 is 1.55 bits per heavy atom. The van der Waals surface area contributed by atoms with Gasteiger partial charge in [-0.05, 0) is 25.7 Å². The van der Waals surface area contributed by atoms with Crippen molar-refractivity contribution < 1.29 is 8.42 Å². The second-order valence-corrected chi connectivity index (χ2v) is 4.62. The molecular weight excluding hydrogens is 164 g/mol. The van der Waals surface area contributed by atoms with Crippen molar-refractivity contribution in [1.29, 1.82) is 0 Å². The molecule has 11 heavy (non-hydrogen) atoms. The van der Waals surface area contributed by atoms with Crippen LogP contribution in [0.1, 0.15) is 19.8 Å². The Balaban J connectivity index is 2.46. The lowest BCUT2D eigenvalue weighted by atomic mass is 10.3. The monoisotopic (exact) mass is 176 g/mol. The van der Waals surface area contributed by atoms with Crippen LogP contribution in [0.5, 0.6) is 0 Å². The number of hydrogen-bond donors (Lipinski definition) is 1. The smallest absolute Gasteiger partial charge is 0.206 e. The van der Waals surface area contributed by atoms with Gasteiger partial charge >= 0.3 is 0 Å². The molecule has 0 unspecified atom stereocenters. The van der Waals surface area contributed by atoms with E-state index in [4.69, 9.17) is 0 Å². The van der Waals surface area contributed by atoms with E-state index in [2.05, 4.69) is 9.93 Å². The molecule has 5 heteroatoms. The largest absolute Gasteiger partial charge is 0.244 e. The molecule has 1 aliphatic rings. The second kappa shape index (κ2) is 2.81. The minimum atomic E-state index is -3.16. The quantitative estimate of drug-likeness (QED) is 0.497. The van der Waals surface area contributed by atoms with Gasteiger partial charge in [-0.25, -0.2) is 13.2 Å². The van der Waals surface area contributed by atoms with Crippen molar-refractivity contribution in [3.05, 3.63) is 0 Å². The topological polar surface area (TPSA) is 58.5 Å². The van der Waals surface area contributed by atoms with Crippen LogP contribution in [-0.2, 0) is 10.0 Å². The van der Waals surface area contributed by atoms with Crippen molar-refractivity contribution in [2.24, 2.45) is 11.0 Å². The van der Waals surface area contributed by atoms with Gasteiger partial charge in [0.1, 0.15) is 0 Å². The zero-order valence-electron chi connectivity index (χ0n) is 6.66. The Morgan fingerprint density at radius 3 is 2.45 bits per heavy atom. The maximum Gasteiger partial charge on any atom is 0.244 e. The molecular formula is C6H12N2O2S. The predicted molar refractivity (Wildman–Crippen MR) is 43.8 cm³/mol. The highest BCUT2D eigenvalue weighted by atomic mass is 32.2. The molecule has 0 aromatic rings. The molecule has 0 heterocycles. The van der Waals surface area contributed by atoms with E-state index in [9.17, 15) is 8.42 Å². The highest BCUT2D eigenvalue weighted by Crippen LogP contribution is 2.30. The second-order valence-electron chi connectivity index (χ2n) is 2.89. The van der Waals surface area contributed by atoms with E-state index in [0.717, 1.165) is 24.8 Å². The Hall–Kier alpha value is -0.580. The molecule has 0 aliphatic heterocycles. The van der Waals surface area contributed by atoms with Crippen LogP contribution in [0.15, 0.2) is 5.10 Å². The fourth-order valence-electron chi connectivity index (χ4n) is 0.747. The summed E-state index contributed by atoms with van der Waals surface area (Å²) in [6, 6.07) is 0. The summed E-state index contributed by atoms with van der Waals surface area (Å²) >= 11 is 0. The molecule has 0 saturated heterocycles. The van der Waals surface area contributed by atoms with Gasteiger partial charge < -0.3 is 0 Å². The summed E-state index contributed by atoms with van der Waals surface area (Å²) in [5.74, 6) is 0.518. The van der Waals surface area contributed by atoms with Gasteiger partial charge in [-0.15, -0.1) is 0 Å². The highest BCUT2D eigenvalue weighted by Gasteiger charge is 2.24. The molecule has 64 valence electrons. The average molecular weight is 176 g/mol. The summed E-state index contributed by atoms with van der Waals surface area (Å²) < 4.78 is 21.1. The first-order valence-corrected chi connectivity index (χ1v) is 5.39. The number of nitrogens with zero attached hydrogens (tertiary/aromatic N) is 1. The molecule has 0 atom stereocenters. The Bertz CT molecular complexity index is 264. The first kappa shape index (κ1) is 8.52. The van der Waals surface area contributed by atoms with Crippen LogP contribution in [-0.4, -0.2) is 20.4 Å². The van der Waals surface area contributed by atoms with Gasteiger partial charge in [-0.2, -0.15) is 5.10 Å². The van der Waals surface area contributed by atoms with E-state index in [0.29, 0.717) is 5.92 Å². The summed E-state index contributed by atoms with van der Waals surface area (Å²) in [4.78, 5) is 2.10. The van der Waals surface area contributed by atoms with Crippen LogP contribution in [0.3, 0.4) is 0 Å². The maximum absolute atomic E-state index is 10.6. The minimum absolute atomic E-state index is 0.518. The van der Waals surface area contributed by atoms with Crippen molar-refractivity contribution in [2.45, 2.75) is 19.8 Å². The average Bonchev–Trinajstić information content (AvgIpc) is 2.61. The third-order valence-corrected chi connectivity index (χ3v) is 1.98. The van der Waals surface area contributed by atoms with Gasteiger partial charge in [0, 0.05) is 5.71 Å². The first-order chi connectivity index (χ1) is 4.99. The van der Waals surface area contributed by atoms with Crippen molar-refractivity contribution in [1.82, 2.24) is 4.83 Å². The van der Waals surface area contributed by atoms with E-state index in [1.807, 2.05) is 6.92 Å². The van der Waals surface area contributed by atoms with Crippen molar-refractivity contribution in [2.75, 3.05) is 6.26 Å². The zero-order valence-corrected chi connectivity index (χ0v) is 7.48. The molecule has 4 nitrogen and oxygen atoms in total. The Morgan fingerprint density at radius 2 is 2.09 bits per heavy atom. The van der Waals surface area contributed by atoms with E-state index < -0.39 is 10.0 Å². The van der Waals surface area contributed by atoms with Crippen LogP contribution < -0.4 is 4.83 Å². The molecule has 0 spiro atoms. The Kier molecular flexibility index (Phi) is 2.17. The van der Waals surface area contributed by atoms with E-state index in [1.54, 1.807) is 0 Å². The molecule has 1 rings (SSSR count). The fourth-order valence-corrected chi connectivity index (χ4v) is 1.06. The van der Waals surface area contributed by atoms with Crippen molar-refractivity contribution in [3.8, 4) is 0 Å². The molecule has 1 saturated carbocycles. The SMILES string of the molecule is CC(=NNS(C)(=O)=O)C1CC1. The van der Waals surface area contributed by atoms with Gasteiger partial charge in [0.2, 0.25) is 10.0 Å². The molecule has 1 fully saturated rings. The predicted octanol–water partition coefficient (Wildman–Crippen LogP) is 0.321. The van der Waals surface area contributed by atoms with Gasteiger partial charge in [0.05, 0.1) is 6.26 Å². The molecule has 0 radical (unpaired) electrons. The van der Waals surface area contributed by atoms with Crippen LogP contribution in [0, 0.1) is 5.92 Å². The zero-order chi connectivity index (χ0) is 8.48. The number of nitrogens with one attached hydrogen (secondary N) is 1. The normalized spacial score (nSPS) is 20.0. The summed E-state index contributed by atoms with van der Waals surface area (Å²) in [6.07, 6.45) is 3.37. The summed E-state index contributed by atoms with van der Waals surface area (Å²) in [7, 11) is -3.16. The van der Waals surface area contributed by atoms with Crippen LogP contribution in [0.4, 0.5) is 0 Å². The number of sulfonamides is 1. The molecule has 0 amide bonds. The lowest BCUT2D eigenvalue weighted by Gasteiger charge is -1.97. The van der Waals surface area contributed by atoms with E-state index in [1.165, 1.54) is 0 Å². The van der Waals surface area contributed by atoms with E-state index >= 15 is 0 Å². The van der Waals surface area contributed by atoms with Crippen LogP contribution in [0.25, 0.3) is 0 Å².